The molecule has 0 saturated carbocycles. The maximum atomic E-state index is 12.4. The lowest BCUT2D eigenvalue weighted by atomic mass is 10.0. The van der Waals surface area contributed by atoms with Crippen molar-refractivity contribution in [3.8, 4) is 0 Å². The van der Waals surface area contributed by atoms with E-state index in [4.69, 9.17) is 4.74 Å². The molecule has 6 nitrogen and oxygen atoms in total. The largest absolute Gasteiger partial charge is 0.379 e. The number of hydrogen-bond acceptors (Lipinski definition) is 4. The van der Waals surface area contributed by atoms with Crippen LogP contribution in [0.5, 0.6) is 0 Å². The smallest absolute Gasteiger partial charge is 0.315 e. The molecule has 0 radical (unpaired) electrons. The molecule has 1 atom stereocenters. The highest BCUT2D eigenvalue weighted by Gasteiger charge is 2.29. The van der Waals surface area contributed by atoms with E-state index in [-0.39, 0.29) is 17.6 Å². The summed E-state index contributed by atoms with van der Waals surface area (Å²) >= 11 is 0. The molecule has 27 heavy (non-hydrogen) atoms. The van der Waals surface area contributed by atoms with Crippen LogP contribution in [-0.2, 0) is 11.3 Å². The van der Waals surface area contributed by atoms with Gasteiger partial charge in [0.05, 0.1) is 13.2 Å². The molecule has 0 spiro atoms. The molecule has 150 valence electrons. The molecule has 2 aliphatic rings. The summed E-state index contributed by atoms with van der Waals surface area (Å²) in [4.78, 5) is 17.2. The van der Waals surface area contributed by atoms with E-state index in [1.165, 1.54) is 5.56 Å². The summed E-state index contributed by atoms with van der Waals surface area (Å²) in [5, 5.41) is 6.26. The van der Waals surface area contributed by atoms with Gasteiger partial charge in [0, 0.05) is 44.3 Å². The van der Waals surface area contributed by atoms with Gasteiger partial charge in [0.2, 0.25) is 0 Å². The summed E-state index contributed by atoms with van der Waals surface area (Å²) in [6.45, 7) is 11.4. The Morgan fingerprint density at radius 3 is 2.67 bits per heavy atom. The number of benzene rings is 1. The van der Waals surface area contributed by atoms with Gasteiger partial charge < -0.3 is 15.4 Å². The summed E-state index contributed by atoms with van der Waals surface area (Å²) in [6.07, 6.45) is 2.17. The summed E-state index contributed by atoms with van der Waals surface area (Å²) in [7, 11) is 0. The van der Waals surface area contributed by atoms with Gasteiger partial charge in [-0.1, -0.05) is 30.3 Å². The molecule has 2 saturated heterocycles. The van der Waals surface area contributed by atoms with Crippen LogP contribution in [0.2, 0.25) is 0 Å². The van der Waals surface area contributed by atoms with Crippen molar-refractivity contribution in [3.63, 3.8) is 0 Å². The number of rotatable bonds is 6. The van der Waals surface area contributed by atoms with E-state index in [1.807, 2.05) is 6.07 Å². The molecule has 3 rings (SSSR count). The molecule has 1 aromatic rings. The number of nitrogens with one attached hydrogen (secondary N) is 2. The molecule has 2 fully saturated rings. The SMILES string of the molecule is CC(C)(CNC(=O)NC1CCCN(Cc2ccccc2)C1)N1CCOCC1. The summed E-state index contributed by atoms with van der Waals surface area (Å²) in [6, 6.07) is 10.7. The number of carbonyl (C=O) groups is 1. The fourth-order valence-corrected chi connectivity index (χ4v) is 3.97. The third kappa shape index (κ3) is 6.19. The maximum Gasteiger partial charge on any atom is 0.315 e. The molecule has 2 heterocycles. The lowest BCUT2D eigenvalue weighted by Crippen LogP contribution is -2.57. The molecule has 0 aromatic heterocycles. The van der Waals surface area contributed by atoms with Crippen molar-refractivity contribution in [3.05, 3.63) is 35.9 Å². The summed E-state index contributed by atoms with van der Waals surface area (Å²) < 4.78 is 5.43. The van der Waals surface area contributed by atoms with E-state index < -0.39 is 0 Å². The predicted octanol–water partition coefficient (Wildman–Crippen LogP) is 2.06. The molecular formula is C21H34N4O2. The first-order chi connectivity index (χ1) is 13.0. The van der Waals surface area contributed by atoms with Crippen LogP contribution in [0, 0.1) is 0 Å². The molecular weight excluding hydrogens is 340 g/mol. The standard InChI is InChI=1S/C21H34N4O2/c1-21(2,25-11-13-27-14-12-25)17-22-20(26)23-19-9-6-10-24(16-19)15-18-7-4-3-5-8-18/h3-5,7-8,19H,6,9-17H2,1-2H3,(H2,22,23,26). The maximum absolute atomic E-state index is 12.4. The Morgan fingerprint density at radius 2 is 1.93 bits per heavy atom. The van der Waals surface area contributed by atoms with Crippen LogP contribution in [0.15, 0.2) is 30.3 Å². The van der Waals surface area contributed by atoms with Gasteiger partial charge in [0.15, 0.2) is 0 Å². The minimum Gasteiger partial charge on any atom is -0.379 e. The minimum atomic E-state index is -0.0625. The monoisotopic (exact) mass is 374 g/mol. The van der Waals surface area contributed by atoms with Crippen LogP contribution in [0.3, 0.4) is 0 Å². The second-order valence-electron chi connectivity index (χ2n) is 8.30. The molecule has 0 bridgehead atoms. The van der Waals surface area contributed by atoms with E-state index >= 15 is 0 Å². The summed E-state index contributed by atoms with van der Waals surface area (Å²) in [5.74, 6) is 0. The van der Waals surface area contributed by atoms with Crippen LogP contribution in [0.25, 0.3) is 0 Å². The quantitative estimate of drug-likeness (QED) is 0.800. The van der Waals surface area contributed by atoms with Gasteiger partial charge in [0.25, 0.3) is 0 Å². The Kier molecular flexibility index (Phi) is 7.10. The highest BCUT2D eigenvalue weighted by molar-refractivity contribution is 5.74. The number of carbonyl (C=O) groups excluding carboxylic acids is 1. The van der Waals surface area contributed by atoms with Crippen LogP contribution < -0.4 is 10.6 Å². The number of urea groups is 1. The van der Waals surface area contributed by atoms with Gasteiger partial charge >= 0.3 is 6.03 Å². The molecule has 1 aromatic carbocycles. The van der Waals surface area contributed by atoms with Gasteiger partial charge in [-0.3, -0.25) is 9.80 Å². The lowest BCUT2D eigenvalue weighted by molar-refractivity contribution is -0.00878. The van der Waals surface area contributed by atoms with Crippen molar-refractivity contribution in [2.24, 2.45) is 0 Å². The lowest BCUT2D eigenvalue weighted by Gasteiger charge is -2.41. The Morgan fingerprint density at radius 1 is 1.19 bits per heavy atom. The first kappa shape index (κ1) is 20.1. The zero-order valence-electron chi connectivity index (χ0n) is 16.7. The Bertz CT molecular complexity index is 587. The van der Waals surface area contributed by atoms with E-state index in [1.54, 1.807) is 0 Å². The number of nitrogens with zero attached hydrogens (tertiary/aromatic N) is 2. The fourth-order valence-electron chi connectivity index (χ4n) is 3.97. The van der Waals surface area contributed by atoms with Crippen molar-refractivity contribution < 1.29 is 9.53 Å². The molecule has 2 N–H and O–H groups in total. The third-order valence-electron chi connectivity index (χ3n) is 5.64. The molecule has 2 aliphatic heterocycles. The number of likely N-dealkylation sites (tertiary alicyclic amines) is 1. The number of morpholine rings is 1. The normalized spacial score (nSPS) is 22.4. The first-order valence-corrected chi connectivity index (χ1v) is 10.2. The third-order valence-corrected chi connectivity index (χ3v) is 5.64. The van der Waals surface area contributed by atoms with Crippen LogP contribution in [-0.4, -0.2) is 73.3 Å². The van der Waals surface area contributed by atoms with Crippen molar-refractivity contribution >= 4 is 6.03 Å². The number of ether oxygens (including phenoxy) is 1. The van der Waals surface area contributed by atoms with Gasteiger partial charge in [-0.15, -0.1) is 0 Å². The van der Waals surface area contributed by atoms with Crippen molar-refractivity contribution in [2.45, 2.75) is 44.8 Å². The van der Waals surface area contributed by atoms with Crippen LogP contribution >= 0.6 is 0 Å². The number of piperidine rings is 1. The molecule has 1 unspecified atom stereocenters. The van der Waals surface area contributed by atoms with Crippen molar-refractivity contribution in [2.75, 3.05) is 45.9 Å². The van der Waals surface area contributed by atoms with Crippen molar-refractivity contribution in [1.82, 2.24) is 20.4 Å². The highest BCUT2D eigenvalue weighted by Crippen LogP contribution is 2.16. The van der Waals surface area contributed by atoms with E-state index in [9.17, 15) is 4.79 Å². The van der Waals surface area contributed by atoms with Gasteiger partial charge in [-0.25, -0.2) is 4.79 Å². The Hall–Kier alpha value is -1.63. The Balaban J connectivity index is 1.42. The second-order valence-corrected chi connectivity index (χ2v) is 8.30. The Labute approximate surface area is 163 Å². The van der Waals surface area contributed by atoms with E-state index in [0.717, 1.165) is 58.8 Å². The van der Waals surface area contributed by atoms with E-state index in [2.05, 4.69) is 58.5 Å². The van der Waals surface area contributed by atoms with Crippen LogP contribution in [0.4, 0.5) is 4.79 Å². The second kappa shape index (κ2) is 9.53. The fraction of sp³-hybridized carbons (Fsp3) is 0.667. The van der Waals surface area contributed by atoms with Gasteiger partial charge in [-0.05, 0) is 38.8 Å². The first-order valence-electron chi connectivity index (χ1n) is 10.2. The number of amides is 2. The predicted molar refractivity (Wildman–Crippen MR) is 108 cm³/mol. The zero-order chi connectivity index (χ0) is 19.1. The zero-order valence-corrected chi connectivity index (χ0v) is 16.7. The van der Waals surface area contributed by atoms with Gasteiger partial charge in [0.1, 0.15) is 0 Å². The molecule has 0 aliphatic carbocycles. The van der Waals surface area contributed by atoms with Crippen LogP contribution in [0.1, 0.15) is 32.3 Å². The molecule has 6 heteroatoms. The van der Waals surface area contributed by atoms with E-state index in [0.29, 0.717) is 6.54 Å². The van der Waals surface area contributed by atoms with Crippen molar-refractivity contribution in [1.29, 1.82) is 0 Å². The average molecular weight is 375 g/mol. The molecule has 2 amide bonds. The highest BCUT2D eigenvalue weighted by atomic mass is 16.5. The minimum absolute atomic E-state index is 0.0529. The number of hydrogen-bond donors (Lipinski definition) is 2. The van der Waals surface area contributed by atoms with Gasteiger partial charge in [-0.2, -0.15) is 0 Å². The average Bonchev–Trinajstić information content (AvgIpc) is 2.68. The summed E-state index contributed by atoms with van der Waals surface area (Å²) in [5.41, 5.74) is 1.27. The topological polar surface area (TPSA) is 56.8 Å².